The zero-order valence-corrected chi connectivity index (χ0v) is 20.2. The Hall–Kier alpha value is -3.07. The van der Waals surface area contributed by atoms with E-state index >= 15 is 0 Å². The van der Waals surface area contributed by atoms with Gasteiger partial charge in [-0.05, 0) is 54.9 Å². The lowest BCUT2D eigenvalue weighted by atomic mass is 9.64. The van der Waals surface area contributed by atoms with Crippen molar-refractivity contribution < 1.29 is 38.4 Å². The lowest BCUT2D eigenvalue weighted by Gasteiger charge is -2.53. The van der Waals surface area contributed by atoms with Crippen molar-refractivity contribution in [1.29, 1.82) is 0 Å². The highest BCUT2D eigenvalue weighted by Gasteiger charge is 2.63. The first-order valence-electron chi connectivity index (χ1n) is 12.1. The van der Waals surface area contributed by atoms with Gasteiger partial charge in [0.15, 0.2) is 11.5 Å². The number of carboxylic acid groups (broad SMARTS) is 1. The minimum absolute atomic E-state index is 0.0558. The molecule has 0 spiro atoms. The lowest BCUT2D eigenvalue weighted by molar-refractivity contribution is -0.183. The number of likely N-dealkylation sites (tertiary alicyclic amines) is 1. The number of carbonyl (C=O) groups is 3. The molecule has 4 aliphatic rings. The number of fused-ring (bicyclic) bond motifs is 2. The van der Waals surface area contributed by atoms with Crippen LogP contribution in [0.4, 0.5) is 0 Å². The molecule has 1 saturated carbocycles. The Bertz CT molecular complexity index is 1080. The van der Waals surface area contributed by atoms with Gasteiger partial charge >= 0.3 is 11.9 Å². The van der Waals surface area contributed by atoms with Crippen LogP contribution < -0.4 is 9.47 Å². The second-order valence-electron chi connectivity index (χ2n) is 10.2. The first-order valence-corrected chi connectivity index (χ1v) is 12.1. The maximum absolute atomic E-state index is 13.7. The van der Waals surface area contributed by atoms with Crippen LogP contribution >= 0.6 is 0 Å². The van der Waals surface area contributed by atoms with Crippen molar-refractivity contribution in [2.24, 2.45) is 23.2 Å². The van der Waals surface area contributed by atoms with Crippen molar-refractivity contribution in [2.45, 2.75) is 58.3 Å². The monoisotopic (exact) mass is 485 g/mol. The molecule has 35 heavy (non-hydrogen) atoms. The average Bonchev–Trinajstić information content (AvgIpc) is 3.56. The number of hydrogen-bond acceptors (Lipinski definition) is 7. The summed E-state index contributed by atoms with van der Waals surface area (Å²) in [7, 11) is 1.33. The summed E-state index contributed by atoms with van der Waals surface area (Å²) >= 11 is 0. The maximum Gasteiger partial charge on any atom is 0.320 e. The fourth-order valence-corrected chi connectivity index (χ4v) is 5.64. The molecule has 0 bridgehead atoms. The summed E-state index contributed by atoms with van der Waals surface area (Å²) in [5, 5.41) is 9.58. The summed E-state index contributed by atoms with van der Waals surface area (Å²) < 4.78 is 22.7. The zero-order chi connectivity index (χ0) is 24.9. The van der Waals surface area contributed by atoms with Crippen molar-refractivity contribution in [3.63, 3.8) is 0 Å². The van der Waals surface area contributed by atoms with Gasteiger partial charge in [-0.15, -0.1) is 0 Å². The third-order valence-corrected chi connectivity index (χ3v) is 7.50. The van der Waals surface area contributed by atoms with Crippen LogP contribution in [0.5, 0.6) is 11.5 Å². The van der Waals surface area contributed by atoms with Crippen molar-refractivity contribution in [3.05, 3.63) is 35.5 Å². The van der Waals surface area contributed by atoms with Gasteiger partial charge in [0.25, 0.3) is 0 Å². The van der Waals surface area contributed by atoms with E-state index in [1.165, 1.54) is 7.11 Å². The smallest absolute Gasteiger partial charge is 0.320 e. The highest BCUT2D eigenvalue weighted by Crippen LogP contribution is 2.56. The first kappa shape index (κ1) is 23.7. The minimum Gasteiger partial charge on any atom is -0.481 e. The molecule has 1 aromatic rings. The molecule has 2 fully saturated rings. The second-order valence-corrected chi connectivity index (χ2v) is 10.2. The Kier molecular flexibility index (Phi) is 5.99. The van der Waals surface area contributed by atoms with Gasteiger partial charge in [-0.25, -0.2) is 0 Å². The van der Waals surface area contributed by atoms with Gasteiger partial charge in [-0.2, -0.15) is 0 Å². The summed E-state index contributed by atoms with van der Waals surface area (Å²) in [5.41, 5.74) is 0.107. The van der Waals surface area contributed by atoms with Crippen molar-refractivity contribution in [3.8, 4) is 11.5 Å². The molecule has 1 saturated heterocycles. The van der Waals surface area contributed by atoms with Crippen LogP contribution in [0.2, 0.25) is 0 Å². The largest absolute Gasteiger partial charge is 0.481 e. The van der Waals surface area contributed by atoms with E-state index in [1.807, 2.05) is 32.1 Å². The van der Waals surface area contributed by atoms with Gasteiger partial charge in [-0.1, -0.05) is 19.9 Å². The van der Waals surface area contributed by atoms with E-state index < -0.39 is 29.4 Å². The SMILES string of the molecule is COC(=O)[C@@]12C[C@H](CC(=O)O)C(=O)N(Cc3ccc4c(c3)OCO4)C1=C[C@@H](C(C)C)O[C@H]2C1CC1. The molecule has 1 N–H and O–H groups in total. The van der Waals surface area contributed by atoms with Crippen LogP contribution in [0.25, 0.3) is 0 Å². The number of carbonyl (C=O) groups excluding carboxylic acids is 2. The van der Waals surface area contributed by atoms with Crippen LogP contribution in [-0.2, 0) is 30.4 Å². The number of rotatable bonds is 7. The molecule has 1 aromatic carbocycles. The Balaban J connectivity index is 1.63. The number of carboxylic acids is 1. The highest BCUT2D eigenvalue weighted by molar-refractivity contribution is 5.92. The Morgan fingerprint density at radius 2 is 1.97 bits per heavy atom. The van der Waals surface area contributed by atoms with Crippen molar-refractivity contribution >= 4 is 17.8 Å². The van der Waals surface area contributed by atoms with E-state index in [4.69, 9.17) is 18.9 Å². The summed E-state index contributed by atoms with van der Waals surface area (Å²) in [4.78, 5) is 40.6. The van der Waals surface area contributed by atoms with Crippen LogP contribution in [-0.4, -0.2) is 54.0 Å². The first-order chi connectivity index (χ1) is 16.7. The topological polar surface area (TPSA) is 112 Å². The van der Waals surface area contributed by atoms with E-state index in [0.29, 0.717) is 17.2 Å². The number of hydrogen-bond donors (Lipinski definition) is 1. The number of nitrogens with zero attached hydrogens (tertiary/aromatic N) is 1. The number of amides is 1. The normalized spacial score (nSPS) is 29.6. The molecule has 0 unspecified atom stereocenters. The van der Waals surface area contributed by atoms with Crippen LogP contribution in [0.3, 0.4) is 0 Å². The molecule has 4 atom stereocenters. The molecule has 3 aliphatic heterocycles. The predicted octanol–water partition coefficient (Wildman–Crippen LogP) is 3.12. The summed E-state index contributed by atoms with van der Waals surface area (Å²) in [6.45, 7) is 4.38. The third kappa shape index (κ3) is 4.05. The van der Waals surface area contributed by atoms with E-state index in [2.05, 4.69) is 0 Å². The summed E-state index contributed by atoms with van der Waals surface area (Å²) in [6, 6.07) is 5.45. The molecular weight excluding hydrogens is 454 g/mol. The average molecular weight is 486 g/mol. The number of esters is 1. The summed E-state index contributed by atoms with van der Waals surface area (Å²) in [6.07, 6.45) is 2.64. The molecular formula is C26H31NO8. The lowest BCUT2D eigenvalue weighted by Crippen LogP contribution is -2.61. The Labute approximate surface area is 204 Å². The van der Waals surface area contributed by atoms with Gasteiger partial charge in [0.2, 0.25) is 12.7 Å². The molecule has 0 aromatic heterocycles. The van der Waals surface area contributed by atoms with Gasteiger partial charge in [0.05, 0.1) is 38.2 Å². The van der Waals surface area contributed by atoms with Crippen molar-refractivity contribution in [2.75, 3.05) is 13.9 Å². The molecule has 188 valence electrons. The maximum atomic E-state index is 13.7. The quantitative estimate of drug-likeness (QED) is 0.587. The number of aliphatic carboxylic acids is 1. The van der Waals surface area contributed by atoms with E-state index in [-0.39, 0.29) is 50.0 Å². The van der Waals surface area contributed by atoms with E-state index in [9.17, 15) is 19.5 Å². The molecule has 1 aliphatic carbocycles. The predicted molar refractivity (Wildman–Crippen MR) is 122 cm³/mol. The molecule has 3 heterocycles. The zero-order valence-electron chi connectivity index (χ0n) is 20.2. The van der Waals surface area contributed by atoms with Gasteiger partial charge in [0, 0.05) is 5.70 Å². The van der Waals surface area contributed by atoms with E-state index in [0.717, 1.165) is 18.4 Å². The molecule has 9 nitrogen and oxygen atoms in total. The number of ether oxygens (including phenoxy) is 4. The standard InChI is InChI=1S/C26H31NO8/c1-14(2)19-10-21-26(25(31)32-3,23(35-19)16-5-6-16)11-17(9-22(28)29)24(30)27(21)12-15-4-7-18-20(8-15)34-13-33-18/h4,7-8,10,14,16-17,19,23H,5-6,9,11-13H2,1-3H3,(H,28,29)/t17-,19-,23-,26-/m0/s1. The highest BCUT2D eigenvalue weighted by atomic mass is 16.7. The number of benzene rings is 1. The summed E-state index contributed by atoms with van der Waals surface area (Å²) in [5.74, 6) is -1.26. The van der Waals surface area contributed by atoms with Crippen LogP contribution in [0.1, 0.15) is 45.1 Å². The number of piperidine rings is 1. The van der Waals surface area contributed by atoms with Crippen LogP contribution in [0, 0.1) is 23.2 Å². The fraction of sp³-hybridized carbons (Fsp3) is 0.577. The minimum atomic E-state index is -1.24. The molecule has 5 rings (SSSR count). The Morgan fingerprint density at radius 1 is 1.23 bits per heavy atom. The van der Waals surface area contributed by atoms with Gasteiger partial charge < -0.3 is 29.0 Å². The Morgan fingerprint density at radius 3 is 2.63 bits per heavy atom. The van der Waals surface area contributed by atoms with Crippen LogP contribution in [0.15, 0.2) is 30.0 Å². The fourth-order valence-electron chi connectivity index (χ4n) is 5.64. The van der Waals surface area contributed by atoms with Gasteiger partial charge in [0.1, 0.15) is 5.41 Å². The molecule has 1 amide bonds. The molecule has 9 heteroatoms. The molecule has 0 radical (unpaired) electrons. The van der Waals surface area contributed by atoms with Crippen molar-refractivity contribution in [1.82, 2.24) is 4.90 Å². The van der Waals surface area contributed by atoms with Gasteiger partial charge in [-0.3, -0.25) is 14.4 Å². The van der Waals surface area contributed by atoms with E-state index in [1.54, 1.807) is 11.0 Å². The third-order valence-electron chi connectivity index (χ3n) is 7.50. The second kappa shape index (κ2) is 8.86. The number of methoxy groups -OCH3 is 1.